The lowest BCUT2D eigenvalue weighted by molar-refractivity contribution is -0.138. The summed E-state index contributed by atoms with van der Waals surface area (Å²) in [6.07, 6.45) is -1.25. The number of carbonyl (C=O) groups excluding carboxylic acids is 1. The van der Waals surface area contributed by atoms with E-state index in [1.54, 1.807) is 17.0 Å². The van der Waals surface area contributed by atoms with E-state index in [1.165, 1.54) is 11.6 Å². The van der Waals surface area contributed by atoms with Crippen molar-refractivity contribution in [2.24, 2.45) is 4.99 Å². The molecule has 4 nitrogen and oxygen atoms in total. The topological polar surface area (TPSA) is 35.9 Å². The van der Waals surface area contributed by atoms with Crippen molar-refractivity contribution in [2.75, 3.05) is 32.7 Å². The van der Waals surface area contributed by atoms with Crippen LogP contribution in [0.3, 0.4) is 0 Å². The fourth-order valence-corrected chi connectivity index (χ4v) is 5.13. The highest BCUT2D eigenvalue weighted by atomic mass is 19.4. The molecule has 0 spiro atoms. The maximum absolute atomic E-state index is 13.4. The number of alkyl halides is 3. The number of nitrogens with zero attached hydrogens (tertiary/aromatic N) is 3. The highest BCUT2D eigenvalue weighted by Crippen LogP contribution is 2.39. The number of carbonyl (C=O) groups is 1. The largest absolute Gasteiger partial charge is 0.416 e. The van der Waals surface area contributed by atoms with Gasteiger partial charge < -0.3 is 4.90 Å². The Morgan fingerprint density at radius 3 is 2.41 bits per heavy atom. The van der Waals surface area contributed by atoms with Gasteiger partial charge in [0.25, 0.3) is 5.91 Å². The molecule has 0 bridgehead atoms. The van der Waals surface area contributed by atoms with Crippen LogP contribution in [0.25, 0.3) is 0 Å². The highest BCUT2D eigenvalue weighted by molar-refractivity contribution is 6.46. The fraction of sp³-hybridized carbons (Fsp3) is 0.600. The van der Waals surface area contributed by atoms with Gasteiger partial charge in [-0.25, -0.2) is 0 Å². The van der Waals surface area contributed by atoms with Gasteiger partial charge in [-0.3, -0.25) is 14.7 Å². The van der Waals surface area contributed by atoms with Gasteiger partial charge in [-0.1, -0.05) is 18.2 Å². The van der Waals surface area contributed by atoms with E-state index < -0.39 is 11.7 Å². The maximum atomic E-state index is 13.4. The van der Waals surface area contributed by atoms with Gasteiger partial charge in [0.05, 0.1) is 12.1 Å². The second-order valence-corrected chi connectivity index (χ2v) is 10.1. The summed E-state index contributed by atoms with van der Waals surface area (Å²) in [4.78, 5) is 22.2. The van der Waals surface area contributed by atoms with Gasteiger partial charge in [-0.2, -0.15) is 13.2 Å². The van der Waals surface area contributed by atoms with Gasteiger partial charge in [0, 0.05) is 25.2 Å². The van der Waals surface area contributed by atoms with Gasteiger partial charge in [0.2, 0.25) is 0 Å². The zero-order valence-corrected chi connectivity index (χ0v) is 19.1. The number of halogens is 3. The van der Waals surface area contributed by atoms with Crippen LogP contribution < -0.4 is 0 Å². The Balaban J connectivity index is 1.45. The van der Waals surface area contributed by atoms with E-state index in [0.29, 0.717) is 43.8 Å². The minimum absolute atomic E-state index is 0.0173. The van der Waals surface area contributed by atoms with Crippen LogP contribution in [0.2, 0.25) is 0 Å². The quantitative estimate of drug-likeness (QED) is 0.636. The predicted molar refractivity (Wildman–Crippen MR) is 120 cm³/mol. The summed E-state index contributed by atoms with van der Waals surface area (Å²) in [6, 6.07) is 5.83. The normalized spacial score (nSPS) is 21.4. The third-order valence-electron chi connectivity index (χ3n) is 7.04. The molecule has 0 aromatic heterocycles. The van der Waals surface area contributed by atoms with Crippen LogP contribution in [0.5, 0.6) is 0 Å². The predicted octanol–water partition coefficient (Wildman–Crippen LogP) is 5.06. The molecule has 1 fully saturated rings. The third-order valence-corrected chi connectivity index (χ3v) is 7.04. The van der Waals surface area contributed by atoms with Gasteiger partial charge in [-0.15, -0.1) is 0 Å². The van der Waals surface area contributed by atoms with E-state index >= 15 is 0 Å². The van der Waals surface area contributed by atoms with Gasteiger partial charge in [-0.05, 0) is 81.7 Å². The second-order valence-electron chi connectivity index (χ2n) is 10.1. The Morgan fingerprint density at radius 2 is 1.75 bits per heavy atom. The fourth-order valence-electron chi connectivity index (χ4n) is 5.13. The number of likely N-dealkylation sites (tertiary alicyclic amines) is 1. The summed E-state index contributed by atoms with van der Waals surface area (Å²) in [7, 11) is 0. The van der Waals surface area contributed by atoms with E-state index in [4.69, 9.17) is 0 Å². The Hall–Kier alpha value is -2.15. The van der Waals surface area contributed by atoms with Crippen molar-refractivity contribution in [2.45, 2.75) is 64.1 Å². The molecule has 1 saturated heterocycles. The zero-order chi connectivity index (χ0) is 23.1. The first kappa shape index (κ1) is 23.0. The monoisotopic (exact) mass is 447 g/mol. The molecule has 4 rings (SSSR count). The first-order valence-corrected chi connectivity index (χ1v) is 11.5. The first-order valence-electron chi connectivity index (χ1n) is 11.5. The van der Waals surface area contributed by atoms with E-state index in [2.05, 4.69) is 30.7 Å². The highest BCUT2D eigenvalue weighted by Gasteiger charge is 2.38. The summed E-state index contributed by atoms with van der Waals surface area (Å²) in [5.74, 6) is -0.250. The van der Waals surface area contributed by atoms with Crippen LogP contribution in [-0.2, 0) is 11.0 Å². The number of hydrogen-bond donors (Lipinski definition) is 0. The first-order chi connectivity index (χ1) is 15.1. The SMILES string of the molecule is CC(C)(C)N1CCCC2=C(C1)C(C(=O)N1CCC(c3ccccc3C(F)(F)F)CC1)=NC2. The van der Waals surface area contributed by atoms with Crippen molar-refractivity contribution in [3.05, 3.63) is 46.5 Å². The van der Waals surface area contributed by atoms with Gasteiger partial charge in [0.15, 0.2) is 0 Å². The minimum atomic E-state index is -4.36. The number of benzene rings is 1. The van der Waals surface area contributed by atoms with Crippen LogP contribution in [0.1, 0.15) is 63.5 Å². The molecule has 174 valence electrons. The molecule has 32 heavy (non-hydrogen) atoms. The van der Waals surface area contributed by atoms with E-state index in [1.807, 2.05) is 0 Å². The Bertz CT molecular complexity index is 934. The van der Waals surface area contributed by atoms with E-state index in [-0.39, 0.29) is 17.4 Å². The molecule has 3 heterocycles. The van der Waals surface area contributed by atoms with Crippen LogP contribution in [-0.4, -0.2) is 59.7 Å². The number of amides is 1. The Morgan fingerprint density at radius 1 is 1.06 bits per heavy atom. The minimum Gasteiger partial charge on any atom is -0.337 e. The molecule has 1 amide bonds. The molecule has 3 aliphatic heterocycles. The number of hydrogen-bond acceptors (Lipinski definition) is 3. The number of piperidine rings is 1. The molecule has 0 N–H and O–H groups in total. The van der Waals surface area contributed by atoms with Crippen molar-refractivity contribution in [1.29, 1.82) is 0 Å². The smallest absolute Gasteiger partial charge is 0.337 e. The third kappa shape index (κ3) is 4.63. The lowest BCUT2D eigenvalue weighted by Gasteiger charge is -2.36. The van der Waals surface area contributed by atoms with Gasteiger partial charge >= 0.3 is 6.18 Å². The van der Waals surface area contributed by atoms with Crippen LogP contribution in [0.4, 0.5) is 13.2 Å². The second kappa shape index (κ2) is 8.65. The summed E-state index contributed by atoms with van der Waals surface area (Å²) in [5, 5.41) is 0. The van der Waals surface area contributed by atoms with E-state index in [9.17, 15) is 18.0 Å². The molecule has 0 saturated carbocycles. The van der Waals surface area contributed by atoms with E-state index in [0.717, 1.165) is 37.6 Å². The lowest BCUT2D eigenvalue weighted by atomic mass is 9.86. The molecular formula is C25H32F3N3O. The molecule has 0 aliphatic carbocycles. The zero-order valence-electron chi connectivity index (χ0n) is 19.1. The molecule has 3 aliphatic rings. The summed E-state index contributed by atoms with van der Waals surface area (Å²) < 4.78 is 40.3. The molecular weight excluding hydrogens is 415 g/mol. The van der Waals surface area contributed by atoms with Crippen molar-refractivity contribution >= 4 is 11.6 Å². The molecule has 7 heteroatoms. The number of rotatable bonds is 2. The molecule has 1 aromatic carbocycles. The molecule has 0 atom stereocenters. The van der Waals surface area contributed by atoms with Crippen LogP contribution in [0.15, 0.2) is 40.4 Å². The average molecular weight is 448 g/mol. The lowest BCUT2D eigenvalue weighted by Crippen LogP contribution is -2.46. The summed E-state index contributed by atoms with van der Waals surface area (Å²) >= 11 is 0. The standard InChI is InChI=1S/C25H32F3N3O/c1-24(2,3)31-12-6-7-18-15-29-22(20(18)16-31)23(32)30-13-10-17(11-14-30)19-8-4-5-9-21(19)25(26,27)28/h4-5,8-9,17H,6-7,10-16H2,1-3H3. The Labute approximate surface area is 188 Å². The number of aliphatic imine (C=N–C) groups is 1. The van der Waals surface area contributed by atoms with Crippen LogP contribution in [0, 0.1) is 0 Å². The summed E-state index contributed by atoms with van der Waals surface area (Å²) in [5.41, 5.74) is 2.73. The molecule has 0 radical (unpaired) electrons. The summed E-state index contributed by atoms with van der Waals surface area (Å²) in [6.45, 7) is 9.83. The van der Waals surface area contributed by atoms with Crippen molar-refractivity contribution in [1.82, 2.24) is 9.80 Å². The van der Waals surface area contributed by atoms with Crippen molar-refractivity contribution in [3.63, 3.8) is 0 Å². The van der Waals surface area contributed by atoms with Crippen LogP contribution >= 0.6 is 0 Å². The maximum Gasteiger partial charge on any atom is 0.416 e. The van der Waals surface area contributed by atoms with Crippen molar-refractivity contribution < 1.29 is 18.0 Å². The van der Waals surface area contributed by atoms with Crippen molar-refractivity contribution in [3.8, 4) is 0 Å². The molecule has 0 unspecified atom stereocenters. The Kier molecular flexibility index (Phi) is 6.23. The average Bonchev–Trinajstić information content (AvgIpc) is 3.01. The van der Waals surface area contributed by atoms with Gasteiger partial charge in [0.1, 0.15) is 5.71 Å². The molecule has 1 aromatic rings.